The third kappa shape index (κ3) is 32.1. The van der Waals surface area contributed by atoms with E-state index in [1.165, 1.54) is 25.7 Å². The van der Waals surface area contributed by atoms with Crippen LogP contribution < -0.4 is 91.6 Å². The maximum atomic E-state index is 14.1. The molecule has 0 unspecified atom stereocenters. The van der Waals surface area contributed by atoms with Crippen LogP contribution in [0.4, 0.5) is 0 Å². The predicted octanol–water partition coefficient (Wildman–Crippen LogP) is -7.96. The number of carbonyl (C=O) groups excluding carboxylic acids is 17. The average Bonchev–Trinajstić information content (AvgIpc) is 1.80. The molecule has 2 rings (SSSR count). The summed E-state index contributed by atoms with van der Waals surface area (Å²) in [6.07, 6.45) is -2.03. The molecule has 0 saturated carbocycles. The van der Waals surface area contributed by atoms with Gasteiger partial charge < -0.3 is 117 Å². The van der Waals surface area contributed by atoms with Crippen molar-refractivity contribution in [1.82, 2.24) is 79.3 Å². The monoisotopic (exact) mass is 1540 g/mol. The smallest absolute Gasteiger partial charge is 0.326 e. The number of nitrogens with one attached hydrogen (secondary N) is 14. The van der Waals surface area contributed by atoms with Crippen molar-refractivity contribution in [1.29, 1.82) is 0 Å². The van der Waals surface area contributed by atoms with Crippen molar-refractivity contribution in [2.75, 3.05) is 32.8 Å². The molecule has 1 aliphatic heterocycles. The molecule has 0 spiro atoms. The lowest BCUT2D eigenvalue weighted by molar-refractivity contribution is -0.144. The molecule has 0 radical (unpaired) electrons. The predicted molar refractivity (Wildman–Crippen MR) is 388 cm³/mol. The number of hydrogen-bond acceptors (Lipinski definition) is 22. The van der Waals surface area contributed by atoms with E-state index in [1.807, 2.05) is 0 Å². The summed E-state index contributed by atoms with van der Waals surface area (Å²) in [5, 5.41) is 74.3. The summed E-state index contributed by atoms with van der Waals surface area (Å²) in [6, 6.07) is -13.3. The molecule has 17 amide bonds. The molecule has 1 fully saturated rings. The SMILES string of the molecule is CC[C@H](C)[C@H](NC(=O)[C@H](CC(C)C)NC(=O)[C@@H](NC(=O)[C@@H]1CCCN1C(=O)CN)[C@@H](C)O)C(=O)NCC(=O)N[C@@H](C)C(=O)N[C@@H](CC(N)=O)C(=O)N[C@@H](C)C(=O)N[C@@H](CO)C(=O)N[C@@H](Cc1ccccc1)C(=O)N[C@@H](CO)C(=O)N[C@H](C(=O)N[C@@H](C)C(=O)N[C@@H](CC(C)C)C(=O)N[C@@H](CC(N)=O)C(=O)O)[C@@H](C)CC. The molecular formula is C69H112N18O22. The van der Waals surface area contributed by atoms with Crippen molar-refractivity contribution >= 4 is 106 Å². The molecule has 0 aliphatic carbocycles. The lowest BCUT2D eigenvalue weighted by atomic mass is 9.96. The Labute approximate surface area is 631 Å². The summed E-state index contributed by atoms with van der Waals surface area (Å²) in [5.41, 5.74) is 16.5. The number of carboxylic acids is 1. The highest BCUT2D eigenvalue weighted by molar-refractivity contribution is 6.01. The summed E-state index contributed by atoms with van der Waals surface area (Å²) in [7, 11) is 0. The van der Waals surface area contributed by atoms with E-state index in [-0.39, 0.29) is 57.0 Å². The van der Waals surface area contributed by atoms with Crippen LogP contribution >= 0.6 is 0 Å². The first-order valence-electron chi connectivity index (χ1n) is 36.0. The van der Waals surface area contributed by atoms with Gasteiger partial charge in [0.2, 0.25) is 100 Å². The van der Waals surface area contributed by atoms with Crippen LogP contribution in [-0.2, 0) is 92.7 Å². The Morgan fingerprint density at radius 1 is 0.459 bits per heavy atom. The van der Waals surface area contributed by atoms with Gasteiger partial charge in [0.15, 0.2) is 0 Å². The Hall–Kier alpha value is -10.5. The van der Waals surface area contributed by atoms with Crippen molar-refractivity contribution in [2.24, 2.45) is 40.9 Å². The van der Waals surface area contributed by atoms with E-state index in [1.54, 1.807) is 85.7 Å². The van der Waals surface area contributed by atoms with Crippen LogP contribution in [0.5, 0.6) is 0 Å². The Bertz CT molecular complexity index is 3360. The Morgan fingerprint density at radius 2 is 0.844 bits per heavy atom. The lowest BCUT2D eigenvalue weighted by Gasteiger charge is -2.30. The van der Waals surface area contributed by atoms with Crippen LogP contribution in [-0.4, -0.2) is 255 Å². The van der Waals surface area contributed by atoms with Gasteiger partial charge in [0, 0.05) is 13.0 Å². The number of rotatable bonds is 47. The van der Waals surface area contributed by atoms with Crippen molar-refractivity contribution in [3.05, 3.63) is 35.9 Å². The highest BCUT2D eigenvalue weighted by Crippen LogP contribution is 2.19. The second-order valence-corrected chi connectivity index (χ2v) is 27.8. The van der Waals surface area contributed by atoms with Crippen LogP contribution in [0.3, 0.4) is 0 Å². The van der Waals surface area contributed by atoms with Crippen molar-refractivity contribution in [3.8, 4) is 0 Å². The topological polar surface area (TPSA) is 638 Å². The van der Waals surface area contributed by atoms with Gasteiger partial charge in [-0.2, -0.15) is 0 Å². The van der Waals surface area contributed by atoms with E-state index in [0.29, 0.717) is 18.4 Å². The second kappa shape index (κ2) is 46.7. The molecule has 1 aromatic carbocycles. The summed E-state index contributed by atoms with van der Waals surface area (Å²) in [4.78, 5) is 240. The molecule has 0 aromatic heterocycles. The number of aliphatic hydroxyl groups excluding tert-OH is 3. The highest BCUT2D eigenvalue weighted by Gasteiger charge is 2.41. The van der Waals surface area contributed by atoms with Gasteiger partial charge in [-0.15, -0.1) is 0 Å². The van der Waals surface area contributed by atoms with Crippen molar-refractivity contribution < 1.29 is 107 Å². The number of nitrogens with zero attached hydrogens (tertiary/aromatic N) is 1. The minimum Gasteiger partial charge on any atom is -0.480 e. The maximum absolute atomic E-state index is 14.1. The van der Waals surface area contributed by atoms with Crippen molar-refractivity contribution in [2.45, 2.75) is 232 Å². The molecule has 1 aliphatic rings. The fraction of sp³-hybridized carbons (Fsp3) is 0.652. The molecule has 40 heteroatoms. The van der Waals surface area contributed by atoms with Gasteiger partial charge >= 0.3 is 5.97 Å². The first-order chi connectivity index (χ1) is 51.0. The molecule has 0 bridgehead atoms. The number of carboxylic acid groups (broad SMARTS) is 1. The van der Waals surface area contributed by atoms with E-state index in [4.69, 9.17) is 17.2 Å². The normalized spacial score (nSPS) is 17.0. The molecular weight excluding hydrogens is 1430 g/mol. The number of likely N-dealkylation sites (tertiary alicyclic amines) is 1. The first-order valence-corrected chi connectivity index (χ1v) is 36.0. The minimum absolute atomic E-state index is 0.00845. The van der Waals surface area contributed by atoms with Gasteiger partial charge in [0.1, 0.15) is 84.6 Å². The van der Waals surface area contributed by atoms with Gasteiger partial charge in [0.25, 0.3) is 0 Å². The second-order valence-electron chi connectivity index (χ2n) is 27.8. The van der Waals surface area contributed by atoms with Gasteiger partial charge in [-0.1, -0.05) is 98.6 Å². The number of aliphatic carboxylic acids is 1. The molecule has 24 N–H and O–H groups in total. The molecule has 1 aromatic rings. The fourth-order valence-corrected chi connectivity index (χ4v) is 11.0. The van der Waals surface area contributed by atoms with Crippen LogP contribution in [0.1, 0.15) is 140 Å². The first kappa shape index (κ1) is 94.6. The number of benzene rings is 1. The molecule has 109 heavy (non-hydrogen) atoms. The van der Waals surface area contributed by atoms with E-state index in [2.05, 4.69) is 74.4 Å². The Kier molecular flexibility index (Phi) is 40.5. The standard InChI is InChI=1S/C69H112N18O22/c1-13-34(7)53(84-62(101)42(24-33(5)6)80-68(107)55(39(12)90)86-65(104)48-21-18-22-87(48)52(94)28-70)66(105)73-29-51(93)74-36(9)56(95)78-44(26-49(71)91)59(98)75-37(10)58(97)82-46(30-88)63(102)79-43(25-40-19-16-15-17-20-40)61(100)83-47(31-89)64(103)85-54(35(8)14-2)67(106)76-38(11)57(96)77-41(23-32(3)4)60(99)81-45(69(108)109)27-50(72)92/h15-17,19-20,32-39,41-48,53-55,88-90H,13-14,18,21-31,70H2,1-12H3,(H2,71,91)(H2,72,92)(H,73,105)(H,74,93)(H,75,98)(H,76,106)(H,77,96)(H,78,95)(H,79,102)(H,80,107)(H,81,99)(H,82,97)(H,83,100)(H,84,101)(H,85,103)(H,86,104)(H,108,109)/t34-,35-,36-,37-,38-,39+,41-,42-,43-,44-,45-,46-,47-,48-,53-,54-,55-/m0/s1. The molecule has 40 nitrogen and oxygen atoms in total. The zero-order chi connectivity index (χ0) is 82.9. The van der Waals surface area contributed by atoms with Crippen LogP contribution in [0.2, 0.25) is 0 Å². The third-order valence-electron chi connectivity index (χ3n) is 17.7. The van der Waals surface area contributed by atoms with E-state index < -0.39 is 242 Å². The third-order valence-corrected chi connectivity index (χ3v) is 17.7. The molecule has 17 atom stereocenters. The fourth-order valence-electron chi connectivity index (χ4n) is 11.0. The van der Waals surface area contributed by atoms with Crippen LogP contribution in [0, 0.1) is 23.7 Å². The van der Waals surface area contributed by atoms with Gasteiger partial charge in [-0.3, -0.25) is 81.5 Å². The number of aliphatic hydroxyl groups is 3. The van der Waals surface area contributed by atoms with Crippen molar-refractivity contribution in [3.63, 3.8) is 0 Å². The number of primary amides is 2. The van der Waals surface area contributed by atoms with Gasteiger partial charge in [-0.05, 0) is 82.6 Å². The number of carbonyl (C=O) groups is 18. The van der Waals surface area contributed by atoms with E-state index in [0.717, 1.165) is 6.92 Å². The zero-order valence-electron chi connectivity index (χ0n) is 63.6. The summed E-state index contributed by atoms with van der Waals surface area (Å²) in [6.45, 7) is 15.2. The van der Waals surface area contributed by atoms with E-state index in [9.17, 15) is 107 Å². The molecule has 610 valence electrons. The quantitative estimate of drug-likeness (QED) is 0.0288. The molecule has 1 saturated heterocycles. The van der Waals surface area contributed by atoms with E-state index >= 15 is 0 Å². The number of amides is 17. The lowest BCUT2D eigenvalue weighted by Crippen LogP contribution is -2.62. The maximum Gasteiger partial charge on any atom is 0.326 e. The largest absolute Gasteiger partial charge is 0.480 e. The van der Waals surface area contributed by atoms with Gasteiger partial charge in [-0.25, -0.2) is 4.79 Å². The Balaban J connectivity index is 2.20. The minimum atomic E-state index is -1.87. The summed E-state index contributed by atoms with van der Waals surface area (Å²) >= 11 is 0. The van der Waals surface area contributed by atoms with Crippen LogP contribution in [0.15, 0.2) is 30.3 Å². The average molecular weight is 1550 g/mol. The summed E-state index contributed by atoms with van der Waals surface area (Å²) in [5.74, 6) is -19.8. The summed E-state index contributed by atoms with van der Waals surface area (Å²) < 4.78 is 0. The van der Waals surface area contributed by atoms with Crippen LogP contribution in [0.25, 0.3) is 0 Å². The molecule has 1 heterocycles. The zero-order valence-corrected chi connectivity index (χ0v) is 63.6. The number of nitrogens with two attached hydrogens (primary N) is 3. The highest BCUT2D eigenvalue weighted by atomic mass is 16.4. The Morgan fingerprint density at radius 3 is 1.31 bits per heavy atom. The number of hydrogen-bond donors (Lipinski definition) is 21. The van der Waals surface area contributed by atoms with Gasteiger partial charge in [0.05, 0.1) is 45.2 Å².